The lowest BCUT2D eigenvalue weighted by molar-refractivity contribution is 0.303. The fraction of sp³-hybridized carbons (Fsp3) is 0.625. The molecule has 1 rings (SSSR count). The van der Waals surface area contributed by atoms with Crippen molar-refractivity contribution in [1.82, 2.24) is 5.32 Å². The molecule has 0 bridgehead atoms. The average molecular weight is 286 g/mol. The first-order valence-corrected chi connectivity index (χ1v) is 7.45. The van der Waals surface area contributed by atoms with Crippen molar-refractivity contribution in [1.29, 1.82) is 0 Å². The summed E-state index contributed by atoms with van der Waals surface area (Å²) < 4.78 is 13.5. The van der Waals surface area contributed by atoms with Crippen LogP contribution in [0.4, 0.5) is 4.39 Å². The van der Waals surface area contributed by atoms with Crippen LogP contribution in [0, 0.1) is 24.6 Å². The molecular weight excluding hydrogens is 261 g/mol. The zero-order chi connectivity index (χ0) is 14.6. The molecule has 3 heteroatoms. The van der Waals surface area contributed by atoms with Crippen LogP contribution >= 0.6 is 11.6 Å². The number of hydrogen-bond acceptors (Lipinski definition) is 1. The zero-order valence-electron chi connectivity index (χ0n) is 12.6. The van der Waals surface area contributed by atoms with Gasteiger partial charge in [0.05, 0.1) is 0 Å². The summed E-state index contributed by atoms with van der Waals surface area (Å²) in [6.45, 7) is 11.5. The first-order chi connectivity index (χ1) is 8.88. The van der Waals surface area contributed by atoms with Gasteiger partial charge in [0.1, 0.15) is 5.82 Å². The van der Waals surface area contributed by atoms with Gasteiger partial charge in [-0.3, -0.25) is 0 Å². The van der Waals surface area contributed by atoms with E-state index >= 15 is 0 Å². The molecule has 0 amide bonds. The molecule has 108 valence electrons. The number of nitrogens with one attached hydrogen (secondary N) is 1. The minimum absolute atomic E-state index is 0.173. The Morgan fingerprint density at radius 3 is 2.42 bits per heavy atom. The van der Waals surface area contributed by atoms with Crippen molar-refractivity contribution < 1.29 is 4.39 Å². The van der Waals surface area contributed by atoms with Crippen molar-refractivity contribution >= 4 is 11.6 Å². The van der Waals surface area contributed by atoms with Gasteiger partial charge in [-0.05, 0) is 48.9 Å². The second kappa shape index (κ2) is 7.25. The molecule has 1 aromatic rings. The molecule has 0 radical (unpaired) electrons. The van der Waals surface area contributed by atoms with Crippen molar-refractivity contribution in [2.75, 3.05) is 6.54 Å². The SMILES string of the molecule is CCCNC(c1cc(C)c(F)cc1Cl)C(C)C(C)C. The average Bonchev–Trinajstić information content (AvgIpc) is 2.35. The van der Waals surface area contributed by atoms with Gasteiger partial charge in [0.15, 0.2) is 0 Å². The van der Waals surface area contributed by atoms with Crippen molar-refractivity contribution in [2.45, 2.75) is 47.1 Å². The van der Waals surface area contributed by atoms with Gasteiger partial charge < -0.3 is 5.32 Å². The maximum atomic E-state index is 13.5. The second-order valence-electron chi connectivity index (χ2n) is 5.66. The first kappa shape index (κ1) is 16.5. The van der Waals surface area contributed by atoms with E-state index in [4.69, 9.17) is 11.6 Å². The van der Waals surface area contributed by atoms with Crippen molar-refractivity contribution in [3.8, 4) is 0 Å². The van der Waals surface area contributed by atoms with E-state index < -0.39 is 0 Å². The lowest BCUT2D eigenvalue weighted by atomic mass is 9.85. The summed E-state index contributed by atoms with van der Waals surface area (Å²) in [5.41, 5.74) is 1.66. The summed E-state index contributed by atoms with van der Waals surface area (Å²) in [6, 6.07) is 3.48. The van der Waals surface area contributed by atoms with E-state index in [9.17, 15) is 4.39 Å². The number of rotatable bonds is 6. The molecular formula is C16H25ClFN. The van der Waals surface area contributed by atoms with Crippen molar-refractivity contribution in [2.24, 2.45) is 11.8 Å². The minimum atomic E-state index is -0.236. The monoisotopic (exact) mass is 285 g/mol. The van der Waals surface area contributed by atoms with Gasteiger partial charge in [-0.15, -0.1) is 0 Å². The van der Waals surface area contributed by atoms with Crippen LogP contribution in [-0.4, -0.2) is 6.54 Å². The predicted octanol–water partition coefficient (Wildman–Crippen LogP) is 5.12. The fourth-order valence-corrected chi connectivity index (χ4v) is 2.45. The Kier molecular flexibility index (Phi) is 6.28. The minimum Gasteiger partial charge on any atom is -0.310 e. The molecule has 0 aliphatic carbocycles. The molecule has 2 unspecified atom stereocenters. The largest absolute Gasteiger partial charge is 0.310 e. The van der Waals surface area contributed by atoms with E-state index in [1.54, 1.807) is 6.92 Å². The van der Waals surface area contributed by atoms with Gasteiger partial charge in [-0.1, -0.05) is 45.4 Å². The lowest BCUT2D eigenvalue weighted by Gasteiger charge is -2.29. The predicted molar refractivity (Wildman–Crippen MR) is 81.2 cm³/mol. The zero-order valence-corrected chi connectivity index (χ0v) is 13.3. The van der Waals surface area contributed by atoms with Crippen LogP contribution in [0.3, 0.4) is 0 Å². The Hall–Kier alpha value is -0.600. The number of halogens is 2. The highest BCUT2D eigenvalue weighted by atomic mass is 35.5. The van der Waals surface area contributed by atoms with E-state index in [0.717, 1.165) is 18.5 Å². The third-order valence-corrected chi connectivity index (χ3v) is 4.13. The molecule has 0 saturated carbocycles. The maximum absolute atomic E-state index is 13.5. The first-order valence-electron chi connectivity index (χ1n) is 7.07. The Morgan fingerprint density at radius 2 is 1.89 bits per heavy atom. The normalized spacial score (nSPS) is 14.7. The molecule has 1 aromatic carbocycles. The topological polar surface area (TPSA) is 12.0 Å². The molecule has 1 nitrogen and oxygen atoms in total. The third-order valence-electron chi connectivity index (χ3n) is 3.80. The molecule has 2 atom stereocenters. The van der Waals surface area contributed by atoms with Crippen LogP contribution in [0.5, 0.6) is 0 Å². The smallest absolute Gasteiger partial charge is 0.127 e. The number of aryl methyl sites for hydroxylation is 1. The second-order valence-corrected chi connectivity index (χ2v) is 6.07. The summed E-state index contributed by atoms with van der Waals surface area (Å²) in [4.78, 5) is 0. The summed E-state index contributed by atoms with van der Waals surface area (Å²) >= 11 is 6.24. The Labute approximate surface area is 121 Å². The molecule has 0 aliphatic rings. The summed E-state index contributed by atoms with van der Waals surface area (Å²) in [5, 5.41) is 4.07. The van der Waals surface area contributed by atoms with Crippen molar-refractivity contribution in [3.63, 3.8) is 0 Å². The van der Waals surface area contributed by atoms with Crippen LogP contribution in [0.25, 0.3) is 0 Å². The number of hydrogen-bond donors (Lipinski definition) is 1. The van der Waals surface area contributed by atoms with Crippen LogP contribution < -0.4 is 5.32 Å². The van der Waals surface area contributed by atoms with Crippen LogP contribution in [-0.2, 0) is 0 Å². The van der Waals surface area contributed by atoms with Gasteiger partial charge in [0.2, 0.25) is 0 Å². The lowest BCUT2D eigenvalue weighted by Crippen LogP contribution is -2.30. The third kappa shape index (κ3) is 4.19. The van der Waals surface area contributed by atoms with E-state index in [0.29, 0.717) is 22.4 Å². The fourth-order valence-electron chi connectivity index (χ4n) is 2.18. The van der Waals surface area contributed by atoms with Gasteiger partial charge in [-0.25, -0.2) is 4.39 Å². The van der Waals surface area contributed by atoms with Crippen LogP contribution in [0.15, 0.2) is 12.1 Å². The molecule has 0 aromatic heterocycles. The molecule has 0 saturated heterocycles. The van der Waals surface area contributed by atoms with Gasteiger partial charge in [0, 0.05) is 11.1 Å². The van der Waals surface area contributed by atoms with E-state index in [1.165, 1.54) is 6.07 Å². The molecule has 19 heavy (non-hydrogen) atoms. The van der Waals surface area contributed by atoms with Gasteiger partial charge >= 0.3 is 0 Å². The highest BCUT2D eigenvalue weighted by molar-refractivity contribution is 6.31. The highest BCUT2D eigenvalue weighted by Gasteiger charge is 2.24. The standard InChI is InChI=1S/C16H25ClFN/c1-6-7-19-16(12(5)10(2)3)13-8-11(4)15(18)9-14(13)17/h8-10,12,16,19H,6-7H2,1-5H3. The van der Waals surface area contributed by atoms with Gasteiger partial charge in [0.25, 0.3) is 0 Å². The van der Waals surface area contributed by atoms with Gasteiger partial charge in [-0.2, -0.15) is 0 Å². The molecule has 0 spiro atoms. The quantitative estimate of drug-likeness (QED) is 0.765. The molecule has 0 aliphatic heterocycles. The Bertz CT molecular complexity index is 417. The molecule has 0 fully saturated rings. The number of benzene rings is 1. The Morgan fingerprint density at radius 1 is 1.26 bits per heavy atom. The van der Waals surface area contributed by atoms with E-state index in [1.807, 2.05) is 6.07 Å². The molecule has 0 heterocycles. The maximum Gasteiger partial charge on any atom is 0.127 e. The van der Waals surface area contributed by atoms with E-state index in [2.05, 4.69) is 33.0 Å². The summed E-state index contributed by atoms with van der Waals surface area (Å²) in [6.07, 6.45) is 1.07. The Balaban J connectivity index is 3.13. The summed E-state index contributed by atoms with van der Waals surface area (Å²) in [7, 11) is 0. The van der Waals surface area contributed by atoms with Crippen LogP contribution in [0.2, 0.25) is 5.02 Å². The van der Waals surface area contributed by atoms with Crippen LogP contribution in [0.1, 0.15) is 51.3 Å². The van der Waals surface area contributed by atoms with E-state index in [-0.39, 0.29) is 11.9 Å². The van der Waals surface area contributed by atoms with Crippen molar-refractivity contribution in [3.05, 3.63) is 34.1 Å². The highest BCUT2D eigenvalue weighted by Crippen LogP contribution is 2.33. The molecule has 1 N–H and O–H groups in total. The summed E-state index contributed by atoms with van der Waals surface area (Å²) in [5.74, 6) is 0.741.